The number of aromatic nitrogens is 5. The van der Waals surface area contributed by atoms with Crippen molar-refractivity contribution in [3.8, 4) is 0 Å². The summed E-state index contributed by atoms with van der Waals surface area (Å²) in [6.45, 7) is 7.59. The molecule has 2 aromatic rings. The Labute approximate surface area is 135 Å². The van der Waals surface area contributed by atoms with Crippen LogP contribution in [0.25, 0.3) is 0 Å². The third-order valence-corrected chi connectivity index (χ3v) is 5.31. The molecule has 0 aromatic carbocycles. The highest BCUT2D eigenvalue weighted by molar-refractivity contribution is 5.95. The maximum atomic E-state index is 13.1. The molecule has 122 valence electrons. The van der Waals surface area contributed by atoms with Gasteiger partial charge < -0.3 is 9.47 Å². The predicted molar refractivity (Wildman–Crippen MR) is 84.1 cm³/mol. The molecule has 0 unspecified atom stereocenters. The first kappa shape index (κ1) is 14.4. The van der Waals surface area contributed by atoms with Crippen molar-refractivity contribution in [3.05, 3.63) is 29.1 Å². The smallest absolute Gasteiger partial charge is 0.257 e. The van der Waals surface area contributed by atoms with Crippen molar-refractivity contribution in [2.45, 2.75) is 65.2 Å². The Bertz CT molecular complexity index is 761. The Balaban J connectivity index is 1.67. The normalized spacial score (nSPS) is 23.0. The van der Waals surface area contributed by atoms with E-state index in [1.165, 1.54) is 0 Å². The van der Waals surface area contributed by atoms with Gasteiger partial charge in [0.05, 0.1) is 17.8 Å². The van der Waals surface area contributed by atoms with Crippen LogP contribution >= 0.6 is 0 Å². The number of hydrogen-bond acceptors (Lipinski definition) is 4. The van der Waals surface area contributed by atoms with E-state index in [1.807, 2.05) is 25.5 Å². The monoisotopic (exact) mass is 314 g/mol. The molecule has 0 N–H and O–H groups in total. The van der Waals surface area contributed by atoms with E-state index in [9.17, 15) is 4.79 Å². The number of carbonyl (C=O) groups is 1. The number of carbonyl (C=O) groups excluding carboxylic acids is 1. The summed E-state index contributed by atoms with van der Waals surface area (Å²) in [6.07, 6.45) is 4.61. The van der Waals surface area contributed by atoms with Crippen molar-refractivity contribution >= 4 is 5.91 Å². The largest absolute Gasteiger partial charge is 0.330 e. The highest BCUT2D eigenvalue weighted by Crippen LogP contribution is 2.33. The van der Waals surface area contributed by atoms with E-state index in [0.29, 0.717) is 0 Å². The van der Waals surface area contributed by atoms with Crippen molar-refractivity contribution in [1.29, 1.82) is 0 Å². The lowest BCUT2D eigenvalue weighted by Gasteiger charge is -2.28. The molecule has 2 aliphatic rings. The van der Waals surface area contributed by atoms with E-state index < -0.39 is 0 Å². The summed E-state index contributed by atoms with van der Waals surface area (Å²) in [5.41, 5.74) is 1.69. The van der Waals surface area contributed by atoms with Crippen LogP contribution in [0.1, 0.15) is 47.5 Å². The van der Waals surface area contributed by atoms with Gasteiger partial charge in [0.25, 0.3) is 5.91 Å². The van der Waals surface area contributed by atoms with Gasteiger partial charge in [0.1, 0.15) is 11.6 Å². The zero-order valence-corrected chi connectivity index (χ0v) is 13.9. The van der Waals surface area contributed by atoms with Crippen molar-refractivity contribution in [1.82, 2.24) is 29.4 Å². The summed E-state index contributed by atoms with van der Waals surface area (Å²) >= 11 is 0. The van der Waals surface area contributed by atoms with Crippen LogP contribution in [0.15, 0.2) is 6.20 Å². The number of rotatable bonds is 2. The lowest BCUT2D eigenvalue weighted by Crippen LogP contribution is -2.42. The number of aryl methyl sites for hydroxylation is 2. The van der Waals surface area contributed by atoms with Crippen LogP contribution in [-0.4, -0.2) is 47.4 Å². The maximum absolute atomic E-state index is 13.1. The second-order valence-corrected chi connectivity index (χ2v) is 6.54. The molecule has 2 aromatic heterocycles. The van der Waals surface area contributed by atoms with Gasteiger partial charge in [-0.1, -0.05) is 0 Å². The van der Waals surface area contributed by atoms with Gasteiger partial charge in [-0.2, -0.15) is 5.10 Å². The van der Waals surface area contributed by atoms with E-state index in [4.69, 9.17) is 0 Å². The van der Waals surface area contributed by atoms with Gasteiger partial charge >= 0.3 is 0 Å². The van der Waals surface area contributed by atoms with Crippen LogP contribution in [0, 0.1) is 13.8 Å². The fourth-order valence-electron chi connectivity index (χ4n) is 4.02. The van der Waals surface area contributed by atoms with E-state index in [-0.39, 0.29) is 18.0 Å². The van der Waals surface area contributed by atoms with Crippen molar-refractivity contribution in [2.75, 3.05) is 0 Å². The SMILES string of the molecule is CCn1ncc(C(=O)N2[C@@H]3CC[C@H]2Cc2nnc(C)n2C3)c1C. The third-order valence-electron chi connectivity index (χ3n) is 5.31. The van der Waals surface area contributed by atoms with Crippen LogP contribution in [-0.2, 0) is 19.5 Å². The number of hydrogen-bond donors (Lipinski definition) is 0. The molecule has 1 amide bonds. The number of fused-ring (bicyclic) bond motifs is 3. The van der Waals surface area contributed by atoms with Crippen LogP contribution < -0.4 is 0 Å². The zero-order chi connectivity index (χ0) is 16.1. The van der Waals surface area contributed by atoms with Crippen LogP contribution in [0.4, 0.5) is 0 Å². The topological polar surface area (TPSA) is 68.8 Å². The van der Waals surface area contributed by atoms with Gasteiger partial charge in [0.15, 0.2) is 0 Å². The Hall–Kier alpha value is -2.18. The Morgan fingerprint density at radius 1 is 1.26 bits per heavy atom. The summed E-state index contributed by atoms with van der Waals surface area (Å²) in [5, 5.41) is 12.8. The van der Waals surface area contributed by atoms with Crippen molar-refractivity contribution in [2.24, 2.45) is 0 Å². The molecular weight excluding hydrogens is 292 g/mol. The van der Waals surface area contributed by atoms with Crippen LogP contribution in [0.2, 0.25) is 0 Å². The third kappa shape index (κ3) is 2.09. The number of nitrogens with zero attached hydrogens (tertiary/aromatic N) is 6. The molecular formula is C16H22N6O. The average molecular weight is 314 g/mol. The first-order chi connectivity index (χ1) is 11.1. The summed E-state index contributed by atoms with van der Waals surface area (Å²) < 4.78 is 4.05. The average Bonchev–Trinajstić information content (AvgIpc) is 3.15. The molecule has 2 atom stereocenters. The fraction of sp³-hybridized carbons (Fsp3) is 0.625. The van der Waals surface area contributed by atoms with Crippen LogP contribution in [0.5, 0.6) is 0 Å². The Morgan fingerprint density at radius 2 is 2.04 bits per heavy atom. The van der Waals surface area contributed by atoms with Crippen LogP contribution in [0.3, 0.4) is 0 Å². The first-order valence-electron chi connectivity index (χ1n) is 8.34. The van der Waals surface area contributed by atoms with Gasteiger partial charge in [0, 0.05) is 31.2 Å². The highest BCUT2D eigenvalue weighted by atomic mass is 16.2. The molecule has 7 nitrogen and oxygen atoms in total. The molecule has 23 heavy (non-hydrogen) atoms. The molecule has 7 heteroatoms. The zero-order valence-electron chi connectivity index (χ0n) is 13.9. The highest BCUT2D eigenvalue weighted by Gasteiger charge is 2.41. The first-order valence-corrected chi connectivity index (χ1v) is 8.34. The molecule has 2 aliphatic heterocycles. The number of amides is 1. The molecule has 0 saturated carbocycles. The quantitative estimate of drug-likeness (QED) is 0.839. The molecule has 1 saturated heterocycles. The molecule has 2 bridgehead atoms. The van der Waals surface area contributed by atoms with E-state index in [1.54, 1.807) is 6.20 Å². The standard InChI is InChI=1S/C16H22N6O/c1-4-21-10(2)14(8-17-21)16(23)22-12-5-6-13(22)9-20-11(3)18-19-15(20)7-12/h8,12-13H,4-7,9H2,1-3H3/t12-,13+/m0/s1. The maximum Gasteiger partial charge on any atom is 0.257 e. The van der Waals surface area contributed by atoms with E-state index in [2.05, 4.69) is 24.8 Å². The molecule has 0 radical (unpaired) electrons. The lowest BCUT2D eigenvalue weighted by atomic mass is 10.1. The predicted octanol–water partition coefficient (Wildman–Crippen LogP) is 1.34. The van der Waals surface area contributed by atoms with Gasteiger partial charge in [-0.15, -0.1) is 10.2 Å². The summed E-state index contributed by atoms with van der Waals surface area (Å²) in [6, 6.07) is 0.453. The molecule has 0 aliphatic carbocycles. The minimum Gasteiger partial charge on any atom is -0.330 e. The molecule has 4 rings (SSSR count). The molecule has 0 spiro atoms. The summed E-state index contributed by atoms with van der Waals surface area (Å²) in [7, 11) is 0. The fourth-order valence-corrected chi connectivity index (χ4v) is 4.02. The van der Waals surface area contributed by atoms with Gasteiger partial charge in [-0.25, -0.2) is 0 Å². The second-order valence-electron chi connectivity index (χ2n) is 6.54. The van der Waals surface area contributed by atoms with Gasteiger partial charge in [-0.05, 0) is 33.6 Å². The molecule has 4 heterocycles. The second kappa shape index (κ2) is 5.18. The van der Waals surface area contributed by atoms with Gasteiger partial charge in [-0.3, -0.25) is 9.48 Å². The summed E-state index contributed by atoms with van der Waals surface area (Å²) in [4.78, 5) is 15.2. The lowest BCUT2D eigenvalue weighted by molar-refractivity contribution is 0.0664. The van der Waals surface area contributed by atoms with Crippen molar-refractivity contribution in [3.63, 3.8) is 0 Å². The Morgan fingerprint density at radius 3 is 2.78 bits per heavy atom. The minimum atomic E-state index is 0.117. The van der Waals surface area contributed by atoms with E-state index >= 15 is 0 Å². The van der Waals surface area contributed by atoms with E-state index in [0.717, 1.165) is 55.3 Å². The Kier molecular flexibility index (Phi) is 3.25. The molecule has 1 fully saturated rings. The summed E-state index contributed by atoms with van der Waals surface area (Å²) in [5.74, 6) is 2.06. The van der Waals surface area contributed by atoms with Gasteiger partial charge in [0.2, 0.25) is 0 Å². The minimum absolute atomic E-state index is 0.117. The van der Waals surface area contributed by atoms with Crippen molar-refractivity contribution < 1.29 is 4.79 Å².